The second kappa shape index (κ2) is 10.1. The van der Waals surface area contributed by atoms with Crippen molar-refractivity contribution in [2.24, 2.45) is 18.4 Å². The van der Waals surface area contributed by atoms with Gasteiger partial charge in [-0.3, -0.25) is 14.5 Å². The summed E-state index contributed by atoms with van der Waals surface area (Å²) in [6.07, 6.45) is 13.8. The van der Waals surface area contributed by atoms with E-state index in [1.165, 1.54) is 22.2 Å². The second-order valence-corrected chi connectivity index (χ2v) is 11.8. The van der Waals surface area contributed by atoms with Gasteiger partial charge in [-0.05, 0) is 68.4 Å². The minimum atomic E-state index is -0.237. The van der Waals surface area contributed by atoms with E-state index in [0.29, 0.717) is 28.3 Å². The summed E-state index contributed by atoms with van der Waals surface area (Å²) in [4.78, 5) is 27.8. The maximum Gasteiger partial charge on any atom is 0.275 e. The molecule has 4 heterocycles. The number of hydrogen-bond donors (Lipinski definition) is 0. The summed E-state index contributed by atoms with van der Waals surface area (Å²) in [7, 11) is 1.65. The molecule has 0 bridgehead atoms. The summed E-state index contributed by atoms with van der Waals surface area (Å²) in [5.74, 6) is 0.620. The predicted molar refractivity (Wildman–Crippen MR) is 148 cm³/mol. The topological polar surface area (TPSA) is 82.2 Å². The van der Waals surface area contributed by atoms with Gasteiger partial charge in [0.1, 0.15) is 0 Å². The molecule has 1 spiro atoms. The van der Waals surface area contributed by atoms with Crippen molar-refractivity contribution in [3.63, 3.8) is 0 Å². The fraction of sp³-hybridized carbons (Fsp3) is 0.517. The number of benzene rings is 1. The summed E-state index contributed by atoms with van der Waals surface area (Å²) in [5, 5.41) is 10.6. The Labute approximate surface area is 226 Å². The number of fused-ring (bicyclic) bond motifs is 1. The summed E-state index contributed by atoms with van der Waals surface area (Å²) in [6, 6.07) is 3.89. The Kier molecular flexibility index (Phi) is 6.74. The van der Waals surface area contributed by atoms with E-state index >= 15 is 0 Å². The molecule has 0 radical (unpaired) electrons. The zero-order chi connectivity index (χ0) is 26.4. The Bertz CT molecular complexity index is 1510. The molecule has 2 saturated heterocycles. The van der Waals surface area contributed by atoms with E-state index in [1.807, 2.05) is 25.1 Å². The first-order chi connectivity index (χ1) is 18.3. The lowest BCUT2D eigenvalue weighted by molar-refractivity contribution is -0.0881. The van der Waals surface area contributed by atoms with E-state index in [-0.39, 0.29) is 17.3 Å². The van der Waals surface area contributed by atoms with Gasteiger partial charge in [-0.2, -0.15) is 10.2 Å². The van der Waals surface area contributed by atoms with Crippen molar-refractivity contribution < 1.29 is 4.74 Å². The standard InChI is InChI=1S/C29H34ClN5O3/c1-19-22(15-32-35(27(19)36)25-7-3-4-11-38-25)6-5-10-34-17-29(18-34)13-20(14-29)12-21-8-9-24(30)26-23(21)16-31-33(2)28(26)37/h5-6,8-9,15-16,20,25H,3-4,7,10-14,17-18H2,1-2H3/b6-5+. The predicted octanol–water partition coefficient (Wildman–Crippen LogP) is 4.12. The Morgan fingerprint density at radius 2 is 1.95 bits per heavy atom. The van der Waals surface area contributed by atoms with Gasteiger partial charge in [0, 0.05) is 49.8 Å². The monoisotopic (exact) mass is 535 g/mol. The molecule has 1 unspecified atom stereocenters. The highest BCUT2D eigenvalue weighted by Crippen LogP contribution is 2.53. The van der Waals surface area contributed by atoms with Gasteiger partial charge in [0.25, 0.3) is 11.1 Å². The van der Waals surface area contributed by atoms with Crippen molar-refractivity contribution >= 4 is 28.4 Å². The lowest BCUT2D eigenvalue weighted by Crippen LogP contribution is -2.62. The Morgan fingerprint density at radius 1 is 1.13 bits per heavy atom. The second-order valence-electron chi connectivity index (χ2n) is 11.4. The van der Waals surface area contributed by atoms with Crippen LogP contribution >= 0.6 is 11.6 Å². The van der Waals surface area contributed by atoms with E-state index in [4.69, 9.17) is 16.3 Å². The molecule has 1 atom stereocenters. The molecule has 3 fully saturated rings. The molecule has 0 N–H and O–H groups in total. The number of rotatable bonds is 6. The summed E-state index contributed by atoms with van der Waals surface area (Å²) < 4.78 is 8.58. The highest BCUT2D eigenvalue weighted by atomic mass is 35.5. The van der Waals surface area contributed by atoms with Crippen LogP contribution in [0.4, 0.5) is 0 Å². The highest BCUT2D eigenvalue weighted by molar-refractivity contribution is 6.35. The van der Waals surface area contributed by atoms with Crippen LogP contribution in [-0.2, 0) is 18.2 Å². The molecule has 1 aromatic carbocycles. The minimum Gasteiger partial charge on any atom is -0.356 e. The number of likely N-dealkylation sites (tertiary alicyclic amines) is 1. The third-order valence-corrected chi connectivity index (χ3v) is 8.91. The average molecular weight is 536 g/mol. The zero-order valence-corrected chi connectivity index (χ0v) is 22.8. The van der Waals surface area contributed by atoms with Gasteiger partial charge >= 0.3 is 0 Å². The molecule has 3 aromatic rings. The molecule has 38 heavy (non-hydrogen) atoms. The average Bonchev–Trinajstić information content (AvgIpc) is 2.87. The first-order valence-corrected chi connectivity index (χ1v) is 13.9. The molecule has 0 amide bonds. The van der Waals surface area contributed by atoms with Crippen LogP contribution in [0.5, 0.6) is 0 Å². The van der Waals surface area contributed by atoms with Crippen LogP contribution < -0.4 is 11.1 Å². The van der Waals surface area contributed by atoms with Gasteiger partial charge in [0.2, 0.25) is 0 Å². The first kappa shape index (κ1) is 25.5. The molecule has 1 aliphatic carbocycles. The quantitative estimate of drug-likeness (QED) is 0.472. The molecule has 200 valence electrons. The number of halogens is 1. The molecule has 3 aliphatic rings. The van der Waals surface area contributed by atoms with Crippen LogP contribution in [0.1, 0.15) is 55.0 Å². The highest BCUT2D eigenvalue weighted by Gasteiger charge is 2.51. The van der Waals surface area contributed by atoms with Crippen molar-refractivity contribution in [3.05, 3.63) is 73.0 Å². The van der Waals surface area contributed by atoms with Gasteiger partial charge in [-0.15, -0.1) is 0 Å². The fourth-order valence-electron chi connectivity index (χ4n) is 6.63. The fourth-order valence-corrected chi connectivity index (χ4v) is 6.88. The van der Waals surface area contributed by atoms with Gasteiger partial charge in [-0.1, -0.05) is 29.8 Å². The van der Waals surface area contributed by atoms with Crippen LogP contribution in [0.25, 0.3) is 16.8 Å². The van der Waals surface area contributed by atoms with Crippen LogP contribution in [0.15, 0.2) is 40.2 Å². The summed E-state index contributed by atoms with van der Waals surface area (Å²) >= 11 is 6.34. The summed E-state index contributed by atoms with van der Waals surface area (Å²) in [6.45, 7) is 5.64. The Hall–Kier alpha value is -2.81. The maximum atomic E-state index is 12.8. The SMILES string of the molecule is Cc1c(/C=C/CN2CC3(CC(Cc4ccc(Cl)c5c(=O)n(C)ncc45)C3)C2)cnn(C2CCCCO2)c1=O. The van der Waals surface area contributed by atoms with Crippen molar-refractivity contribution in [2.45, 2.75) is 51.7 Å². The van der Waals surface area contributed by atoms with Crippen LogP contribution in [0, 0.1) is 18.3 Å². The van der Waals surface area contributed by atoms with Crippen LogP contribution in [0.3, 0.4) is 0 Å². The third kappa shape index (κ3) is 4.63. The Balaban J connectivity index is 1.02. The maximum absolute atomic E-state index is 12.8. The van der Waals surface area contributed by atoms with Crippen molar-refractivity contribution in [3.8, 4) is 0 Å². The van der Waals surface area contributed by atoms with E-state index in [2.05, 4.69) is 21.2 Å². The number of ether oxygens (including phenoxy) is 1. The van der Waals surface area contributed by atoms with Crippen molar-refractivity contribution in [2.75, 3.05) is 26.2 Å². The molecule has 2 aliphatic heterocycles. The largest absolute Gasteiger partial charge is 0.356 e. The van der Waals surface area contributed by atoms with Gasteiger partial charge in [0.05, 0.1) is 22.8 Å². The Morgan fingerprint density at radius 3 is 2.71 bits per heavy atom. The molecule has 6 rings (SSSR count). The van der Waals surface area contributed by atoms with Gasteiger partial charge < -0.3 is 4.74 Å². The zero-order valence-electron chi connectivity index (χ0n) is 22.0. The van der Waals surface area contributed by atoms with Gasteiger partial charge in [-0.25, -0.2) is 9.36 Å². The van der Waals surface area contributed by atoms with E-state index in [1.54, 1.807) is 19.4 Å². The minimum absolute atomic E-state index is 0.0629. The molecular weight excluding hydrogens is 502 g/mol. The van der Waals surface area contributed by atoms with E-state index in [0.717, 1.165) is 67.4 Å². The normalized spacial score (nSPS) is 21.7. The van der Waals surface area contributed by atoms with Gasteiger partial charge in [0.15, 0.2) is 6.23 Å². The van der Waals surface area contributed by atoms with Crippen LogP contribution in [0.2, 0.25) is 5.02 Å². The molecule has 1 saturated carbocycles. The lowest BCUT2D eigenvalue weighted by atomic mass is 9.56. The third-order valence-electron chi connectivity index (χ3n) is 8.60. The molecule has 8 nitrogen and oxygen atoms in total. The number of aryl methyl sites for hydroxylation is 1. The smallest absolute Gasteiger partial charge is 0.275 e. The van der Waals surface area contributed by atoms with E-state index in [9.17, 15) is 9.59 Å². The number of nitrogens with zero attached hydrogens (tertiary/aromatic N) is 5. The van der Waals surface area contributed by atoms with Crippen molar-refractivity contribution in [1.82, 2.24) is 24.5 Å². The number of hydrogen-bond acceptors (Lipinski definition) is 6. The lowest BCUT2D eigenvalue weighted by Gasteiger charge is -2.59. The molecule has 2 aromatic heterocycles. The number of aromatic nitrogens is 4. The molecular formula is C29H34ClN5O3. The first-order valence-electron chi connectivity index (χ1n) is 13.6. The van der Waals surface area contributed by atoms with Crippen LogP contribution in [-0.4, -0.2) is 50.7 Å². The molecule has 9 heteroatoms. The summed E-state index contributed by atoms with van der Waals surface area (Å²) in [5.41, 5.74) is 2.97. The van der Waals surface area contributed by atoms with Crippen molar-refractivity contribution in [1.29, 1.82) is 0 Å². The van der Waals surface area contributed by atoms with E-state index < -0.39 is 0 Å².